The van der Waals surface area contributed by atoms with Gasteiger partial charge in [-0.15, -0.1) is 0 Å². The van der Waals surface area contributed by atoms with Crippen molar-refractivity contribution < 1.29 is 4.74 Å². The molecule has 4 nitrogen and oxygen atoms in total. The normalized spacial score (nSPS) is 11.3. The number of nitrogens with zero attached hydrogens (tertiary/aromatic N) is 2. The van der Waals surface area contributed by atoms with Crippen LogP contribution in [0.3, 0.4) is 0 Å². The first-order valence-corrected chi connectivity index (χ1v) is 10.2. The molecule has 0 saturated carbocycles. The van der Waals surface area contributed by atoms with Gasteiger partial charge in [-0.25, -0.2) is 4.98 Å². The summed E-state index contributed by atoms with van der Waals surface area (Å²) in [6.45, 7) is 2.05. The van der Waals surface area contributed by atoms with E-state index in [-0.39, 0.29) is 5.56 Å². The first-order chi connectivity index (χ1) is 14.1. The van der Waals surface area contributed by atoms with Crippen LogP contribution in [0.1, 0.15) is 17.0 Å². The minimum atomic E-state index is -0.123. The van der Waals surface area contributed by atoms with Crippen molar-refractivity contribution >= 4 is 45.6 Å². The molecule has 0 bridgehead atoms. The lowest BCUT2D eigenvalue weighted by molar-refractivity contribution is 0.412. The number of hydrogen-bond acceptors (Lipinski definition) is 3. The number of methoxy groups -OCH3 is 1. The Morgan fingerprint density at radius 1 is 1.00 bits per heavy atom. The van der Waals surface area contributed by atoms with Gasteiger partial charge in [0.2, 0.25) is 0 Å². The Morgan fingerprint density at radius 3 is 2.62 bits per heavy atom. The van der Waals surface area contributed by atoms with Gasteiger partial charge in [0.05, 0.1) is 23.7 Å². The first-order valence-electron chi connectivity index (χ1n) is 9.17. The molecule has 0 radical (unpaired) electrons. The number of ether oxygens (including phenoxy) is 1. The molecule has 0 aliphatic rings. The van der Waals surface area contributed by atoms with Gasteiger partial charge in [0, 0.05) is 3.57 Å². The molecule has 0 aliphatic heterocycles. The average Bonchev–Trinajstić information content (AvgIpc) is 2.73. The van der Waals surface area contributed by atoms with Crippen LogP contribution in [-0.4, -0.2) is 16.7 Å². The highest BCUT2D eigenvalue weighted by atomic mass is 127. The molecule has 0 saturated heterocycles. The van der Waals surface area contributed by atoms with Gasteiger partial charge in [0.1, 0.15) is 11.6 Å². The number of para-hydroxylation sites is 2. The molecule has 3 aromatic carbocycles. The van der Waals surface area contributed by atoms with E-state index in [4.69, 9.17) is 9.72 Å². The van der Waals surface area contributed by atoms with E-state index in [0.29, 0.717) is 28.2 Å². The minimum Gasteiger partial charge on any atom is -0.495 e. The monoisotopic (exact) mass is 494 g/mol. The molecular formula is C24H19IN2O2. The number of hydrogen-bond donors (Lipinski definition) is 0. The lowest BCUT2D eigenvalue weighted by Gasteiger charge is -2.14. The summed E-state index contributed by atoms with van der Waals surface area (Å²) >= 11 is 2.21. The number of benzene rings is 3. The summed E-state index contributed by atoms with van der Waals surface area (Å²) in [4.78, 5) is 18.2. The summed E-state index contributed by atoms with van der Waals surface area (Å²) in [6, 6.07) is 21.4. The Hall–Kier alpha value is -2.93. The predicted molar refractivity (Wildman–Crippen MR) is 127 cm³/mol. The van der Waals surface area contributed by atoms with E-state index in [9.17, 15) is 4.79 Å². The summed E-state index contributed by atoms with van der Waals surface area (Å²) in [7, 11) is 1.60. The summed E-state index contributed by atoms with van der Waals surface area (Å²) in [5, 5.41) is 0.579. The second kappa shape index (κ2) is 8.21. The van der Waals surface area contributed by atoms with Crippen LogP contribution in [0.2, 0.25) is 0 Å². The van der Waals surface area contributed by atoms with Gasteiger partial charge in [0.15, 0.2) is 0 Å². The summed E-state index contributed by atoms with van der Waals surface area (Å²) in [6.07, 6.45) is 3.85. The highest BCUT2D eigenvalue weighted by Gasteiger charge is 2.14. The lowest BCUT2D eigenvalue weighted by Crippen LogP contribution is -2.23. The van der Waals surface area contributed by atoms with Crippen LogP contribution < -0.4 is 10.3 Å². The van der Waals surface area contributed by atoms with Crippen LogP contribution in [0.15, 0.2) is 71.5 Å². The fraction of sp³-hybridized carbons (Fsp3) is 0.0833. The zero-order valence-corrected chi connectivity index (χ0v) is 18.3. The first kappa shape index (κ1) is 19.4. The quantitative estimate of drug-likeness (QED) is 0.353. The smallest absolute Gasteiger partial charge is 0.266 e. The van der Waals surface area contributed by atoms with E-state index in [1.165, 1.54) is 5.56 Å². The Morgan fingerprint density at radius 2 is 1.83 bits per heavy atom. The van der Waals surface area contributed by atoms with Crippen molar-refractivity contribution in [3.63, 3.8) is 0 Å². The van der Waals surface area contributed by atoms with Crippen LogP contribution in [0, 0.1) is 10.5 Å². The van der Waals surface area contributed by atoms with Crippen molar-refractivity contribution in [2.45, 2.75) is 6.92 Å². The third-order valence-electron chi connectivity index (χ3n) is 4.65. The van der Waals surface area contributed by atoms with E-state index in [0.717, 1.165) is 9.13 Å². The molecule has 29 heavy (non-hydrogen) atoms. The van der Waals surface area contributed by atoms with Crippen molar-refractivity contribution in [2.75, 3.05) is 7.11 Å². The third kappa shape index (κ3) is 3.96. The second-order valence-corrected chi connectivity index (χ2v) is 7.94. The standard InChI is InChI=1S/C24H19IN2O2/c1-16-6-5-7-17(14-16)10-13-23-26-20-12-11-18(25)15-19(20)24(28)27(23)21-8-3-4-9-22(21)29-2/h3-15H,1-2H3. The van der Waals surface area contributed by atoms with Crippen molar-refractivity contribution in [2.24, 2.45) is 0 Å². The van der Waals surface area contributed by atoms with E-state index < -0.39 is 0 Å². The van der Waals surface area contributed by atoms with Gasteiger partial charge in [-0.05, 0) is 71.5 Å². The minimum absolute atomic E-state index is 0.123. The summed E-state index contributed by atoms with van der Waals surface area (Å²) in [5.41, 5.74) is 3.44. The summed E-state index contributed by atoms with van der Waals surface area (Å²) < 4.78 is 8.12. The van der Waals surface area contributed by atoms with Crippen LogP contribution in [0.25, 0.3) is 28.7 Å². The highest BCUT2D eigenvalue weighted by molar-refractivity contribution is 14.1. The van der Waals surface area contributed by atoms with Crippen LogP contribution in [0.5, 0.6) is 5.75 Å². The molecule has 0 fully saturated rings. The van der Waals surface area contributed by atoms with E-state index in [1.807, 2.05) is 66.7 Å². The molecule has 144 valence electrons. The van der Waals surface area contributed by atoms with E-state index in [2.05, 4.69) is 41.6 Å². The van der Waals surface area contributed by atoms with Gasteiger partial charge in [-0.3, -0.25) is 9.36 Å². The number of halogens is 1. The Labute approximate surface area is 182 Å². The molecule has 0 N–H and O–H groups in total. The van der Waals surface area contributed by atoms with Gasteiger partial charge in [0.25, 0.3) is 5.56 Å². The zero-order valence-electron chi connectivity index (χ0n) is 16.1. The number of fused-ring (bicyclic) bond motifs is 1. The third-order valence-corrected chi connectivity index (χ3v) is 5.32. The van der Waals surface area contributed by atoms with Crippen molar-refractivity contribution in [1.82, 2.24) is 9.55 Å². The number of aromatic nitrogens is 2. The summed E-state index contributed by atoms with van der Waals surface area (Å²) in [5.74, 6) is 1.17. The molecule has 0 aliphatic carbocycles. The Balaban J connectivity index is 1.99. The van der Waals surface area contributed by atoms with Gasteiger partial charge in [-0.1, -0.05) is 48.0 Å². The fourth-order valence-electron chi connectivity index (χ4n) is 3.28. The van der Waals surface area contributed by atoms with E-state index in [1.54, 1.807) is 11.7 Å². The van der Waals surface area contributed by atoms with Crippen LogP contribution >= 0.6 is 22.6 Å². The SMILES string of the molecule is COc1ccccc1-n1c(C=Cc2cccc(C)c2)nc2ccc(I)cc2c1=O. The highest BCUT2D eigenvalue weighted by Crippen LogP contribution is 2.24. The maximum absolute atomic E-state index is 13.5. The topological polar surface area (TPSA) is 44.1 Å². The lowest BCUT2D eigenvalue weighted by atomic mass is 10.1. The molecule has 0 spiro atoms. The predicted octanol–water partition coefficient (Wildman–Crippen LogP) is 5.48. The van der Waals surface area contributed by atoms with E-state index >= 15 is 0 Å². The van der Waals surface area contributed by atoms with Crippen LogP contribution in [0.4, 0.5) is 0 Å². The number of rotatable bonds is 4. The van der Waals surface area contributed by atoms with Gasteiger partial charge < -0.3 is 4.74 Å². The fourth-order valence-corrected chi connectivity index (χ4v) is 3.77. The Bertz CT molecular complexity index is 1290. The molecule has 4 rings (SSSR count). The molecule has 5 heteroatoms. The number of aryl methyl sites for hydroxylation is 1. The van der Waals surface area contributed by atoms with Crippen molar-refractivity contribution in [3.05, 3.63) is 97.6 Å². The molecule has 0 amide bonds. The van der Waals surface area contributed by atoms with Crippen molar-refractivity contribution in [1.29, 1.82) is 0 Å². The zero-order chi connectivity index (χ0) is 20.4. The molecular weight excluding hydrogens is 475 g/mol. The maximum Gasteiger partial charge on any atom is 0.266 e. The van der Waals surface area contributed by atoms with Gasteiger partial charge >= 0.3 is 0 Å². The molecule has 1 heterocycles. The molecule has 0 atom stereocenters. The maximum atomic E-state index is 13.5. The van der Waals surface area contributed by atoms with Gasteiger partial charge in [-0.2, -0.15) is 0 Å². The van der Waals surface area contributed by atoms with Crippen molar-refractivity contribution in [3.8, 4) is 11.4 Å². The Kier molecular flexibility index (Phi) is 5.49. The van der Waals surface area contributed by atoms with Crippen LogP contribution in [-0.2, 0) is 0 Å². The molecule has 1 aromatic heterocycles. The average molecular weight is 494 g/mol. The molecule has 0 unspecified atom stereocenters. The largest absolute Gasteiger partial charge is 0.495 e. The second-order valence-electron chi connectivity index (χ2n) is 6.69. The molecule has 4 aromatic rings.